The average molecular weight is 330 g/mol. The molecule has 6 heteroatoms. The predicted octanol–water partition coefficient (Wildman–Crippen LogP) is 1.67. The molecule has 0 aliphatic carbocycles. The standard InChI is InChI=1S/C18H22N2O4/c1-13-6-4-5-7-16(13)24-12-17(21)19-8-9-20-14(2)10-15(23-3)11-18(20)22/h4-7,10-11H,8-9,12H2,1-3H3,(H,19,21). The molecule has 2 rings (SSSR count). The summed E-state index contributed by atoms with van der Waals surface area (Å²) in [5, 5.41) is 2.75. The number of benzene rings is 1. The molecule has 128 valence electrons. The second-order valence-electron chi connectivity index (χ2n) is 5.43. The first-order valence-electron chi connectivity index (χ1n) is 7.72. The molecule has 2 aromatic rings. The number of amides is 1. The fourth-order valence-electron chi connectivity index (χ4n) is 2.32. The molecule has 0 aliphatic rings. The summed E-state index contributed by atoms with van der Waals surface area (Å²) < 4.78 is 12.1. The number of hydrogen-bond donors (Lipinski definition) is 1. The number of pyridine rings is 1. The normalized spacial score (nSPS) is 10.3. The second-order valence-corrected chi connectivity index (χ2v) is 5.43. The van der Waals surface area contributed by atoms with Crippen LogP contribution in [0.1, 0.15) is 11.3 Å². The number of rotatable bonds is 7. The third-order valence-corrected chi connectivity index (χ3v) is 3.65. The number of aromatic nitrogens is 1. The molecule has 0 spiro atoms. The molecule has 0 unspecified atom stereocenters. The largest absolute Gasteiger partial charge is 0.496 e. The van der Waals surface area contributed by atoms with E-state index in [2.05, 4.69) is 5.32 Å². The molecule has 1 N–H and O–H groups in total. The van der Waals surface area contributed by atoms with Gasteiger partial charge in [-0.3, -0.25) is 9.59 Å². The van der Waals surface area contributed by atoms with E-state index in [1.54, 1.807) is 10.6 Å². The molecular weight excluding hydrogens is 308 g/mol. The predicted molar refractivity (Wildman–Crippen MR) is 91.7 cm³/mol. The minimum Gasteiger partial charge on any atom is -0.496 e. The molecule has 0 atom stereocenters. The van der Waals surface area contributed by atoms with Gasteiger partial charge in [0, 0.05) is 24.8 Å². The Kier molecular flexibility index (Phi) is 6.01. The Bertz CT molecular complexity index is 768. The molecule has 0 saturated carbocycles. The number of carbonyl (C=O) groups is 1. The Morgan fingerprint density at radius 2 is 1.96 bits per heavy atom. The number of nitrogens with one attached hydrogen (secondary N) is 1. The fraction of sp³-hybridized carbons (Fsp3) is 0.333. The summed E-state index contributed by atoms with van der Waals surface area (Å²) in [6.07, 6.45) is 0. The summed E-state index contributed by atoms with van der Waals surface area (Å²) in [6.45, 7) is 4.44. The third-order valence-electron chi connectivity index (χ3n) is 3.65. The van der Waals surface area contributed by atoms with Crippen LogP contribution in [0.15, 0.2) is 41.2 Å². The molecule has 0 fully saturated rings. The molecule has 1 aromatic heterocycles. The van der Waals surface area contributed by atoms with Gasteiger partial charge in [0.15, 0.2) is 6.61 Å². The van der Waals surface area contributed by atoms with Gasteiger partial charge in [-0.1, -0.05) is 18.2 Å². The Labute approximate surface area is 141 Å². The van der Waals surface area contributed by atoms with Crippen molar-refractivity contribution >= 4 is 5.91 Å². The molecule has 24 heavy (non-hydrogen) atoms. The van der Waals surface area contributed by atoms with Crippen LogP contribution in [-0.2, 0) is 11.3 Å². The molecule has 0 radical (unpaired) electrons. The first-order valence-corrected chi connectivity index (χ1v) is 7.72. The summed E-state index contributed by atoms with van der Waals surface area (Å²) in [5.41, 5.74) is 1.60. The van der Waals surface area contributed by atoms with E-state index >= 15 is 0 Å². The maximum Gasteiger partial charge on any atom is 0.258 e. The van der Waals surface area contributed by atoms with E-state index < -0.39 is 0 Å². The fourth-order valence-corrected chi connectivity index (χ4v) is 2.32. The first-order chi connectivity index (χ1) is 11.5. The van der Waals surface area contributed by atoms with E-state index in [1.807, 2.05) is 38.1 Å². The smallest absolute Gasteiger partial charge is 0.258 e. The SMILES string of the molecule is COc1cc(C)n(CCNC(=O)COc2ccccc2C)c(=O)c1. The van der Waals surface area contributed by atoms with Crippen LogP contribution >= 0.6 is 0 Å². The Morgan fingerprint density at radius 3 is 2.62 bits per heavy atom. The third kappa shape index (κ3) is 4.62. The van der Waals surface area contributed by atoms with Crippen LogP contribution in [0.4, 0.5) is 0 Å². The molecule has 6 nitrogen and oxygen atoms in total. The lowest BCUT2D eigenvalue weighted by molar-refractivity contribution is -0.123. The highest BCUT2D eigenvalue weighted by Gasteiger charge is 2.06. The quantitative estimate of drug-likeness (QED) is 0.838. The van der Waals surface area contributed by atoms with Crippen molar-refractivity contribution in [2.75, 3.05) is 20.3 Å². The van der Waals surface area contributed by atoms with Crippen molar-refractivity contribution < 1.29 is 14.3 Å². The topological polar surface area (TPSA) is 69.6 Å². The van der Waals surface area contributed by atoms with Gasteiger partial charge in [-0.05, 0) is 31.5 Å². The average Bonchev–Trinajstić information content (AvgIpc) is 2.56. The lowest BCUT2D eigenvalue weighted by Crippen LogP contribution is -2.34. The highest BCUT2D eigenvalue weighted by molar-refractivity contribution is 5.77. The number of aryl methyl sites for hydroxylation is 2. The van der Waals surface area contributed by atoms with Crippen LogP contribution in [0, 0.1) is 13.8 Å². The number of carbonyl (C=O) groups excluding carboxylic acids is 1. The number of hydrogen-bond acceptors (Lipinski definition) is 4. The van der Waals surface area contributed by atoms with Gasteiger partial charge in [-0.15, -0.1) is 0 Å². The Morgan fingerprint density at radius 1 is 1.21 bits per heavy atom. The van der Waals surface area contributed by atoms with Crippen LogP contribution < -0.4 is 20.3 Å². The highest BCUT2D eigenvalue weighted by atomic mass is 16.5. The van der Waals surface area contributed by atoms with Gasteiger partial charge < -0.3 is 19.4 Å². The van der Waals surface area contributed by atoms with E-state index in [-0.39, 0.29) is 18.1 Å². The molecule has 1 aromatic carbocycles. The minimum atomic E-state index is -0.225. The summed E-state index contributed by atoms with van der Waals surface area (Å²) in [5.74, 6) is 0.997. The van der Waals surface area contributed by atoms with Crippen molar-refractivity contribution in [1.82, 2.24) is 9.88 Å². The number of para-hydroxylation sites is 1. The maximum atomic E-state index is 12.0. The van der Waals surface area contributed by atoms with Gasteiger partial charge in [-0.2, -0.15) is 0 Å². The van der Waals surface area contributed by atoms with Crippen LogP contribution in [0.5, 0.6) is 11.5 Å². The monoisotopic (exact) mass is 330 g/mol. The number of methoxy groups -OCH3 is 1. The lowest BCUT2D eigenvalue weighted by Gasteiger charge is -2.12. The van der Waals surface area contributed by atoms with E-state index in [9.17, 15) is 9.59 Å². The first kappa shape index (κ1) is 17.6. The van der Waals surface area contributed by atoms with Crippen LogP contribution in [0.3, 0.4) is 0 Å². The molecular formula is C18H22N2O4. The zero-order valence-electron chi connectivity index (χ0n) is 14.2. The van der Waals surface area contributed by atoms with Crippen LogP contribution in [0.25, 0.3) is 0 Å². The molecule has 0 aliphatic heterocycles. The van der Waals surface area contributed by atoms with E-state index in [0.717, 1.165) is 11.3 Å². The zero-order valence-corrected chi connectivity index (χ0v) is 14.2. The zero-order chi connectivity index (χ0) is 17.5. The van der Waals surface area contributed by atoms with Crippen molar-refractivity contribution in [3.63, 3.8) is 0 Å². The van der Waals surface area contributed by atoms with Crippen molar-refractivity contribution in [3.05, 3.63) is 58.0 Å². The van der Waals surface area contributed by atoms with E-state index in [4.69, 9.17) is 9.47 Å². The van der Waals surface area contributed by atoms with Gasteiger partial charge >= 0.3 is 0 Å². The molecule has 0 saturated heterocycles. The van der Waals surface area contributed by atoms with E-state index in [1.165, 1.54) is 13.2 Å². The van der Waals surface area contributed by atoms with Gasteiger partial charge in [0.2, 0.25) is 0 Å². The summed E-state index contributed by atoms with van der Waals surface area (Å²) in [4.78, 5) is 23.8. The van der Waals surface area contributed by atoms with Gasteiger partial charge in [0.05, 0.1) is 7.11 Å². The summed E-state index contributed by atoms with van der Waals surface area (Å²) in [7, 11) is 1.52. The second kappa shape index (κ2) is 8.19. The van der Waals surface area contributed by atoms with Crippen molar-refractivity contribution in [1.29, 1.82) is 0 Å². The van der Waals surface area contributed by atoms with Crippen molar-refractivity contribution in [2.45, 2.75) is 20.4 Å². The molecule has 1 amide bonds. The Balaban J connectivity index is 1.83. The highest BCUT2D eigenvalue weighted by Crippen LogP contribution is 2.15. The Hall–Kier alpha value is -2.76. The maximum absolute atomic E-state index is 12.0. The van der Waals surface area contributed by atoms with Crippen LogP contribution in [-0.4, -0.2) is 30.7 Å². The number of nitrogens with zero attached hydrogens (tertiary/aromatic N) is 1. The van der Waals surface area contributed by atoms with Gasteiger partial charge in [0.25, 0.3) is 11.5 Å². The summed E-state index contributed by atoms with van der Waals surface area (Å²) >= 11 is 0. The van der Waals surface area contributed by atoms with Crippen molar-refractivity contribution in [3.8, 4) is 11.5 Å². The lowest BCUT2D eigenvalue weighted by atomic mass is 10.2. The van der Waals surface area contributed by atoms with Gasteiger partial charge in [-0.25, -0.2) is 0 Å². The van der Waals surface area contributed by atoms with Gasteiger partial charge in [0.1, 0.15) is 11.5 Å². The number of ether oxygens (including phenoxy) is 2. The van der Waals surface area contributed by atoms with Crippen molar-refractivity contribution in [2.24, 2.45) is 0 Å². The summed E-state index contributed by atoms with van der Waals surface area (Å²) in [6, 6.07) is 10.7. The van der Waals surface area contributed by atoms with Crippen LogP contribution in [0.2, 0.25) is 0 Å². The molecule has 0 bridgehead atoms. The molecule has 1 heterocycles. The van der Waals surface area contributed by atoms with E-state index in [0.29, 0.717) is 24.6 Å². The minimum absolute atomic E-state index is 0.0542.